The molecule has 33 heavy (non-hydrogen) atoms. The SMILES string of the molecule is Cc1nnc(SCC2=C(C(=O)O)N3C(=O)[C@H](NC(=O)Cn4ccc(C(F)(F)F)n4)[C@@H]3SC2)s1. The molecule has 0 spiro atoms. The summed E-state index contributed by atoms with van der Waals surface area (Å²) in [5.41, 5.74) is -0.699. The number of carbonyl (C=O) groups is 3. The number of β-lactam (4-membered cyclic amide) rings is 1. The van der Waals surface area contributed by atoms with Crippen LogP contribution in [0.15, 0.2) is 27.9 Å². The van der Waals surface area contributed by atoms with Crippen LogP contribution in [0.5, 0.6) is 0 Å². The normalized spacial score (nSPS) is 20.5. The van der Waals surface area contributed by atoms with Crippen LogP contribution in [0.2, 0.25) is 0 Å². The number of carbonyl (C=O) groups excluding carboxylic acids is 2. The average Bonchev–Trinajstić information content (AvgIpc) is 3.38. The number of amides is 2. The molecular weight excluding hydrogens is 505 g/mol. The van der Waals surface area contributed by atoms with Crippen molar-refractivity contribution in [1.82, 2.24) is 30.2 Å². The van der Waals surface area contributed by atoms with Gasteiger partial charge >= 0.3 is 12.1 Å². The van der Waals surface area contributed by atoms with Crippen LogP contribution in [0.4, 0.5) is 13.2 Å². The maximum Gasteiger partial charge on any atom is 0.435 e. The van der Waals surface area contributed by atoms with E-state index in [2.05, 4.69) is 20.6 Å². The number of carboxylic acid groups (broad SMARTS) is 1. The molecule has 0 saturated carbocycles. The van der Waals surface area contributed by atoms with Crippen molar-refractivity contribution in [3.8, 4) is 0 Å². The van der Waals surface area contributed by atoms with Crippen molar-refractivity contribution in [1.29, 1.82) is 0 Å². The standard InChI is InChI=1S/C17H15F3N6O4S3/c1-7-22-23-16(33-7)32-6-8-5-31-14-11(13(28)26(14)12(8)15(29)30)21-10(27)4-25-3-2-9(24-25)17(18,19)20/h2-3,11,14H,4-6H2,1H3,(H,21,27)(H,29,30)/t11-,14-/m0/s1. The predicted molar refractivity (Wildman–Crippen MR) is 112 cm³/mol. The fourth-order valence-electron chi connectivity index (χ4n) is 3.25. The number of aliphatic carboxylic acids is 1. The number of nitrogens with zero attached hydrogens (tertiary/aromatic N) is 5. The van der Waals surface area contributed by atoms with Gasteiger partial charge in [-0.2, -0.15) is 18.3 Å². The van der Waals surface area contributed by atoms with Gasteiger partial charge in [-0.3, -0.25) is 19.2 Å². The lowest BCUT2D eigenvalue weighted by molar-refractivity contribution is -0.150. The zero-order valence-electron chi connectivity index (χ0n) is 16.7. The summed E-state index contributed by atoms with van der Waals surface area (Å²) in [5, 5.41) is 23.5. The molecule has 2 N–H and O–H groups in total. The Morgan fingerprint density at radius 1 is 1.36 bits per heavy atom. The Morgan fingerprint density at radius 3 is 2.73 bits per heavy atom. The molecular formula is C17H15F3N6O4S3. The molecule has 2 amide bonds. The summed E-state index contributed by atoms with van der Waals surface area (Å²) in [7, 11) is 0. The topological polar surface area (TPSA) is 130 Å². The molecule has 1 saturated heterocycles. The highest BCUT2D eigenvalue weighted by Gasteiger charge is 2.54. The molecule has 1 fully saturated rings. The predicted octanol–water partition coefficient (Wildman–Crippen LogP) is 1.59. The summed E-state index contributed by atoms with van der Waals surface area (Å²) in [6.07, 6.45) is -3.61. The van der Waals surface area contributed by atoms with E-state index < -0.39 is 47.6 Å². The molecule has 2 atom stereocenters. The molecule has 0 aliphatic carbocycles. The van der Waals surface area contributed by atoms with Gasteiger partial charge in [0.15, 0.2) is 10.0 Å². The summed E-state index contributed by atoms with van der Waals surface area (Å²) in [4.78, 5) is 37.9. The second kappa shape index (κ2) is 8.98. The first-order chi connectivity index (χ1) is 15.5. The van der Waals surface area contributed by atoms with Gasteiger partial charge in [-0.1, -0.05) is 23.1 Å². The summed E-state index contributed by atoms with van der Waals surface area (Å²) in [5.74, 6) is -1.90. The number of carboxylic acids is 1. The van der Waals surface area contributed by atoms with Crippen LogP contribution in [-0.4, -0.2) is 70.7 Å². The summed E-state index contributed by atoms with van der Waals surface area (Å²) in [6.45, 7) is 1.29. The Bertz CT molecular complexity index is 1150. The van der Waals surface area contributed by atoms with Crippen LogP contribution >= 0.6 is 34.9 Å². The van der Waals surface area contributed by atoms with Crippen molar-refractivity contribution in [3.63, 3.8) is 0 Å². The number of fused-ring (bicyclic) bond motifs is 1. The van der Waals surface area contributed by atoms with E-state index in [0.29, 0.717) is 21.4 Å². The van der Waals surface area contributed by atoms with Gasteiger partial charge in [0, 0.05) is 17.7 Å². The fraction of sp³-hybridized carbons (Fsp3) is 0.412. The van der Waals surface area contributed by atoms with E-state index in [1.165, 1.54) is 34.9 Å². The second-order valence-electron chi connectivity index (χ2n) is 6.98. The van der Waals surface area contributed by atoms with Crippen LogP contribution in [0, 0.1) is 6.92 Å². The number of aromatic nitrogens is 4. The van der Waals surface area contributed by atoms with Crippen molar-refractivity contribution < 1.29 is 32.7 Å². The quantitative estimate of drug-likeness (QED) is 0.413. The highest BCUT2D eigenvalue weighted by molar-refractivity contribution is 8.01. The van der Waals surface area contributed by atoms with E-state index in [1.807, 2.05) is 0 Å². The fourth-order valence-corrected chi connectivity index (χ4v) is 6.55. The van der Waals surface area contributed by atoms with Crippen LogP contribution < -0.4 is 5.32 Å². The number of aryl methyl sites for hydroxylation is 1. The minimum Gasteiger partial charge on any atom is -0.477 e. The molecule has 0 radical (unpaired) electrons. The van der Waals surface area contributed by atoms with E-state index in [1.54, 1.807) is 6.92 Å². The molecule has 2 aliphatic heterocycles. The lowest BCUT2D eigenvalue weighted by Crippen LogP contribution is -2.70. The number of nitrogens with one attached hydrogen (secondary N) is 1. The van der Waals surface area contributed by atoms with Crippen molar-refractivity contribution in [2.24, 2.45) is 0 Å². The molecule has 2 aliphatic rings. The van der Waals surface area contributed by atoms with Crippen molar-refractivity contribution >= 4 is 52.6 Å². The van der Waals surface area contributed by atoms with Gasteiger partial charge in [0.1, 0.15) is 28.7 Å². The van der Waals surface area contributed by atoms with Gasteiger partial charge in [0.2, 0.25) is 5.91 Å². The van der Waals surface area contributed by atoms with Gasteiger partial charge in [-0.05, 0) is 18.6 Å². The molecule has 2 aromatic heterocycles. The maximum atomic E-state index is 12.7. The second-order valence-corrected chi connectivity index (χ2v) is 10.5. The Labute approximate surface area is 196 Å². The first-order valence-corrected chi connectivity index (χ1v) is 12.1. The Morgan fingerprint density at radius 2 is 2.12 bits per heavy atom. The van der Waals surface area contributed by atoms with E-state index in [9.17, 15) is 32.7 Å². The van der Waals surface area contributed by atoms with Gasteiger partial charge in [-0.25, -0.2) is 4.79 Å². The summed E-state index contributed by atoms with van der Waals surface area (Å²) < 4.78 is 39.4. The highest BCUT2D eigenvalue weighted by Crippen LogP contribution is 2.41. The third-order valence-corrected chi connectivity index (χ3v) is 8.08. The molecule has 2 aromatic rings. The van der Waals surface area contributed by atoms with E-state index >= 15 is 0 Å². The molecule has 10 nitrogen and oxygen atoms in total. The largest absolute Gasteiger partial charge is 0.477 e. The average molecular weight is 521 g/mol. The van der Waals surface area contributed by atoms with Gasteiger partial charge in [0.05, 0.1) is 0 Å². The number of halogens is 3. The number of rotatable bonds is 7. The highest BCUT2D eigenvalue weighted by atomic mass is 32.2. The zero-order valence-corrected chi connectivity index (χ0v) is 19.1. The maximum absolute atomic E-state index is 12.7. The number of hydrogen-bond donors (Lipinski definition) is 2. The lowest BCUT2D eigenvalue weighted by Gasteiger charge is -2.49. The molecule has 176 valence electrons. The minimum absolute atomic E-state index is 0.120. The summed E-state index contributed by atoms with van der Waals surface area (Å²) >= 11 is 4.01. The van der Waals surface area contributed by atoms with E-state index in [-0.39, 0.29) is 5.70 Å². The van der Waals surface area contributed by atoms with Crippen LogP contribution in [0.1, 0.15) is 10.7 Å². The van der Waals surface area contributed by atoms with Crippen LogP contribution in [0.25, 0.3) is 0 Å². The van der Waals surface area contributed by atoms with Crippen LogP contribution in [-0.2, 0) is 27.1 Å². The van der Waals surface area contributed by atoms with E-state index in [0.717, 1.165) is 26.9 Å². The van der Waals surface area contributed by atoms with E-state index in [4.69, 9.17) is 0 Å². The van der Waals surface area contributed by atoms with Gasteiger partial charge < -0.3 is 10.4 Å². The third kappa shape index (κ3) is 4.86. The Balaban J connectivity index is 1.40. The number of thioether (sulfide) groups is 2. The Kier molecular flexibility index (Phi) is 6.41. The van der Waals surface area contributed by atoms with Crippen LogP contribution in [0.3, 0.4) is 0 Å². The van der Waals surface area contributed by atoms with Gasteiger partial charge in [-0.15, -0.1) is 22.0 Å². The lowest BCUT2D eigenvalue weighted by atomic mass is 10.0. The van der Waals surface area contributed by atoms with Gasteiger partial charge in [0.25, 0.3) is 5.91 Å². The van der Waals surface area contributed by atoms with Crippen molar-refractivity contribution in [2.75, 3.05) is 11.5 Å². The molecule has 4 heterocycles. The third-order valence-electron chi connectivity index (χ3n) is 4.68. The minimum atomic E-state index is -4.63. The zero-order chi connectivity index (χ0) is 23.9. The van der Waals surface area contributed by atoms with Crippen molar-refractivity contribution in [3.05, 3.63) is 34.2 Å². The number of hydrogen-bond acceptors (Lipinski definition) is 9. The van der Waals surface area contributed by atoms with Crippen molar-refractivity contribution in [2.45, 2.75) is 35.4 Å². The smallest absolute Gasteiger partial charge is 0.435 e. The molecule has 16 heteroatoms. The molecule has 0 bridgehead atoms. The molecule has 4 rings (SSSR count). The molecule has 0 unspecified atom stereocenters. The summed E-state index contributed by atoms with van der Waals surface area (Å²) in [6, 6.07) is -0.234. The molecule has 0 aromatic carbocycles. The monoisotopic (exact) mass is 520 g/mol. The first kappa shape index (κ1) is 23.6. The number of alkyl halides is 3. The Hall–Kier alpha value is -2.59. The first-order valence-electron chi connectivity index (χ1n) is 9.27.